The Bertz CT molecular complexity index is 540. The average Bonchev–Trinajstić information content (AvgIpc) is 2.42. The quantitative estimate of drug-likeness (QED) is 0.915. The van der Waals surface area contributed by atoms with E-state index in [2.05, 4.69) is 5.32 Å². The second-order valence-corrected chi connectivity index (χ2v) is 4.07. The molecule has 0 spiro atoms. The number of carbonyl (C=O) groups excluding carboxylic acids is 1. The molecule has 0 radical (unpaired) electrons. The van der Waals surface area contributed by atoms with E-state index in [4.69, 9.17) is 4.74 Å². The van der Waals surface area contributed by atoms with E-state index in [1.165, 1.54) is 24.3 Å². The SMILES string of the molecule is C[C@@H](Oc1ccccc1)C(=O)Nc1ccc(F)cc1. The molecule has 98 valence electrons. The summed E-state index contributed by atoms with van der Waals surface area (Å²) in [6, 6.07) is 14.7. The fourth-order valence-electron chi connectivity index (χ4n) is 1.53. The van der Waals surface area contributed by atoms with Gasteiger partial charge in [0.05, 0.1) is 0 Å². The van der Waals surface area contributed by atoms with Crippen LogP contribution in [0.5, 0.6) is 5.75 Å². The molecule has 0 aliphatic heterocycles. The van der Waals surface area contributed by atoms with Gasteiger partial charge in [-0.05, 0) is 43.3 Å². The summed E-state index contributed by atoms with van der Waals surface area (Å²) < 4.78 is 18.2. The molecule has 3 nitrogen and oxygen atoms in total. The molecule has 0 aliphatic rings. The number of anilines is 1. The molecule has 0 saturated heterocycles. The van der Waals surface area contributed by atoms with Crippen LogP contribution in [0.15, 0.2) is 54.6 Å². The molecule has 0 heterocycles. The van der Waals surface area contributed by atoms with Crippen molar-refractivity contribution >= 4 is 11.6 Å². The Morgan fingerprint density at radius 2 is 1.74 bits per heavy atom. The molecule has 2 rings (SSSR count). The number of ether oxygens (including phenoxy) is 1. The topological polar surface area (TPSA) is 38.3 Å². The summed E-state index contributed by atoms with van der Waals surface area (Å²) in [6.45, 7) is 1.66. The highest BCUT2D eigenvalue weighted by molar-refractivity contribution is 5.94. The highest BCUT2D eigenvalue weighted by atomic mass is 19.1. The van der Waals surface area contributed by atoms with Crippen molar-refractivity contribution in [2.24, 2.45) is 0 Å². The van der Waals surface area contributed by atoms with E-state index in [0.717, 1.165) is 0 Å². The number of rotatable bonds is 4. The van der Waals surface area contributed by atoms with Crippen LogP contribution in [0.25, 0.3) is 0 Å². The first-order valence-corrected chi connectivity index (χ1v) is 5.93. The zero-order chi connectivity index (χ0) is 13.7. The second kappa shape index (κ2) is 6.00. The van der Waals surface area contributed by atoms with Crippen molar-refractivity contribution in [3.8, 4) is 5.75 Å². The molecule has 1 atom stereocenters. The molecule has 19 heavy (non-hydrogen) atoms. The number of nitrogens with one attached hydrogen (secondary N) is 1. The number of para-hydroxylation sites is 1. The Hall–Kier alpha value is -2.36. The van der Waals surface area contributed by atoms with E-state index in [1.54, 1.807) is 19.1 Å². The number of hydrogen-bond donors (Lipinski definition) is 1. The summed E-state index contributed by atoms with van der Waals surface area (Å²) in [5, 5.41) is 2.66. The molecule has 0 aromatic heterocycles. The van der Waals surface area contributed by atoms with Crippen molar-refractivity contribution in [1.82, 2.24) is 0 Å². The minimum atomic E-state index is -0.632. The number of carbonyl (C=O) groups is 1. The van der Waals surface area contributed by atoms with Crippen LogP contribution >= 0.6 is 0 Å². The molecule has 0 unspecified atom stereocenters. The van der Waals surface area contributed by atoms with Crippen molar-refractivity contribution in [2.45, 2.75) is 13.0 Å². The van der Waals surface area contributed by atoms with Gasteiger partial charge >= 0.3 is 0 Å². The molecular formula is C15H14FNO2. The van der Waals surface area contributed by atoms with E-state index >= 15 is 0 Å². The normalized spacial score (nSPS) is 11.7. The Morgan fingerprint density at radius 3 is 2.37 bits per heavy atom. The van der Waals surface area contributed by atoms with Gasteiger partial charge in [0, 0.05) is 5.69 Å². The molecule has 0 fully saturated rings. The molecule has 4 heteroatoms. The fourth-order valence-corrected chi connectivity index (χ4v) is 1.53. The van der Waals surface area contributed by atoms with Crippen LogP contribution < -0.4 is 10.1 Å². The van der Waals surface area contributed by atoms with Gasteiger partial charge in [0.15, 0.2) is 6.10 Å². The van der Waals surface area contributed by atoms with Gasteiger partial charge in [-0.1, -0.05) is 18.2 Å². The third kappa shape index (κ3) is 3.81. The number of halogens is 1. The Balaban J connectivity index is 1.94. The van der Waals surface area contributed by atoms with Gasteiger partial charge in [-0.15, -0.1) is 0 Å². The van der Waals surface area contributed by atoms with Gasteiger partial charge in [0.1, 0.15) is 11.6 Å². The summed E-state index contributed by atoms with van der Waals surface area (Å²) in [5.41, 5.74) is 0.537. The Morgan fingerprint density at radius 1 is 1.11 bits per heavy atom. The third-order valence-electron chi connectivity index (χ3n) is 2.54. The van der Waals surface area contributed by atoms with Gasteiger partial charge < -0.3 is 10.1 Å². The first-order chi connectivity index (χ1) is 9.15. The summed E-state index contributed by atoms with van der Waals surface area (Å²) in [5.74, 6) is 0.00583. The van der Waals surface area contributed by atoms with Gasteiger partial charge in [-0.25, -0.2) is 4.39 Å². The number of hydrogen-bond acceptors (Lipinski definition) is 2. The summed E-state index contributed by atoms with van der Waals surface area (Å²) in [4.78, 5) is 11.9. The molecule has 1 N–H and O–H groups in total. The van der Waals surface area contributed by atoms with Crippen molar-refractivity contribution in [3.63, 3.8) is 0 Å². The summed E-state index contributed by atoms with van der Waals surface area (Å²) in [7, 11) is 0. The maximum absolute atomic E-state index is 12.7. The van der Waals surface area contributed by atoms with Crippen LogP contribution in [0.1, 0.15) is 6.92 Å². The smallest absolute Gasteiger partial charge is 0.265 e. The first-order valence-electron chi connectivity index (χ1n) is 5.93. The lowest BCUT2D eigenvalue weighted by molar-refractivity contribution is -0.122. The molecule has 0 aliphatic carbocycles. The minimum Gasteiger partial charge on any atom is -0.481 e. The number of benzene rings is 2. The van der Waals surface area contributed by atoms with Gasteiger partial charge in [-0.2, -0.15) is 0 Å². The van der Waals surface area contributed by atoms with E-state index in [1.807, 2.05) is 18.2 Å². The predicted octanol–water partition coefficient (Wildman–Crippen LogP) is 3.23. The van der Waals surface area contributed by atoms with Gasteiger partial charge in [-0.3, -0.25) is 4.79 Å². The lowest BCUT2D eigenvalue weighted by atomic mass is 10.3. The van der Waals surface area contributed by atoms with E-state index in [0.29, 0.717) is 11.4 Å². The van der Waals surface area contributed by atoms with Crippen LogP contribution in [0.2, 0.25) is 0 Å². The highest BCUT2D eigenvalue weighted by Crippen LogP contribution is 2.13. The summed E-state index contributed by atoms with van der Waals surface area (Å²) in [6.07, 6.45) is -0.632. The van der Waals surface area contributed by atoms with Crippen molar-refractivity contribution in [1.29, 1.82) is 0 Å². The first kappa shape index (κ1) is 13.1. The molecule has 2 aromatic rings. The highest BCUT2D eigenvalue weighted by Gasteiger charge is 2.14. The van der Waals surface area contributed by atoms with Crippen LogP contribution in [0, 0.1) is 5.82 Å². The molecule has 1 amide bonds. The fraction of sp³-hybridized carbons (Fsp3) is 0.133. The lowest BCUT2D eigenvalue weighted by Gasteiger charge is -2.14. The lowest BCUT2D eigenvalue weighted by Crippen LogP contribution is -2.30. The van der Waals surface area contributed by atoms with Crippen LogP contribution in [-0.4, -0.2) is 12.0 Å². The molecule has 0 saturated carbocycles. The van der Waals surface area contributed by atoms with Gasteiger partial charge in [0.25, 0.3) is 5.91 Å². The van der Waals surface area contributed by atoms with E-state index in [9.17, 15) is 9.18 Å². The summed E-state index contributed by atoms with van der Waals surface area (Å²) >= 11 is 0. The maximum atomic E-state index is 12.7. The van der Waals surface area contributed by atoms with E-state index < -0.39 is 6.10 Å². The van der Waals surface area contributed by atoms with Crippen molar-refractivity contribution in [3.05, 3.63) is 60.4 Å². The van der Waals surface area contributed by atoms with Crippen LogP contribution in [0.3, 0.4) is 0 Å². The Kier molecular flexibility index (Phi) is 4.13. The van der Waals surface area contributed by atoms with Crippen molar-refractivity contribution in [2.75, 3.05) is 5.32 Å². The zero-order valence-electron chi connectivity index (χ0n) is 10.5. The monoisotopic (exact) mass is 259 g/mol. The average molecular weight is 259 g/mol. The second-order valence-electron chi connectivity index (χ2n) is 4.07. The number of amides is 1. The predicted molar refractivity (Wildman–Crippen MR) is 71.6 cm³/mol. The molecule has 2 aromatic carbocycles. The molecular weight excluding hydrogens is 245 g/mol. The standard InChI is InChI=1S/C15H14FNO2/c1-11(19-14-5-3-2-4-6-14)15(18)17-13-9-7-12(16)8-10-13/h2-11H,1H3,(H,17,18)/t11-/m1/s1. The van der Waals surface area contributed by atoms with Gasteiger partial charge in [0.2, 0.25) is 0 Å². The molecule has 0 bridgehead atoms. The zero-order valence-corrected chi connectivity index (χ0v) is 10.5. The maximum Gasteiger partial charge on any atom is 0.265 e. The van der Waals surface area contributed by atoms with Crippen molar-refractivity contribution < 1.29 is 13.9 Å². The minimum absolute atomic E-state index is 0.282. The van der Waals surface area contributed by atoms with E-state index in [-0.39, 0.29) is 11.7 Å². The van der Waals surface area contributed by atoms with Crippen LogP contribution in [0.4, 0.5) is 10.1 Å². The van der Waals surface area contributed by atoms with Crippen LogP contribution in [-0.2, 0) is 4.79 Å². The largest absolute Gasteiger partial charge is 0.481 e. The third-order valence-corrected chi connectivity index (χ3v) is 2.54. The Labute approximate surface area is 111 Å².